The lowest BCUT2D eigenvalue weighted by molar-refractivity contribution is 0.118. The Hall–Kier alpha value is -1.02. The molecule has 0 bridgehead atoms. The average Bonchev–Trinajstić information content (AvgIpc) is 2.13. The summed E-state index contributed by atoms with van der Waals surface area (Å²) in [6, 6.07) is 8.12. The summed E-state index contributed by atoms with van der Waals surface area (Å²) in [5.74, 6) is 0.913. The highest BCUT2D eigenvalue weighted by Gasteiger charge is 2.33. The Bertz CT molecular complexity index is 367. The molecule has 0 spiro atoms. The van der Waals surface area contributed by atoms with Gasteiger partial charge in [-0.15, -0.1) is 0 Å². The predicted octanol–water partition coefficient (Wildman–Crippen LogP) is 3.18. The van der Waals surface area contributed by atoms with Crippen LogP contribution in [0.1, 0.15) is 38.7 Å². The molecule has 0 unspecified atom stereocenters. The molecule has 2 rings (SSSR count). The van der Waals surface area contributed by atoms with E-state index in [0.717, 1.165) is 24.7 Å². The maximum Gasteiger partial charge on any atom is 0.0317 e. The van der Waals surface area contributed by atoms with Crippen LogP contribution in [0.4, 0.5) is 5.69 Å². The van der Waals surface area contributed by atoms with Crippen LogP contribution < -0.4 is 11.1 Å². The third kappa shape index (κ3) is 3.22. The van der Waals surface area contributed by atoms with E-state index in [-0.39, 0.29) is 0 Å². The molecule has 1 aromatic carbocycles. The second-order valence-corrected chi connectivity index (χ2v) is 5.96. The van der Waals surface area contributed by atoms with Gasteiger partial charge in [-0.05, 0) is 41.9 Å². The van der Waals surface area contributed by atoms with Crippen LogP contribution >= 0.6 is 0 Å². The number of benzene rings is 1. The quantitative estimate of drug-likeness (QED) is 0.765. The van der Waals surface area contributed by atoms with Gasteiger partial charge in [0.1, 0.15) is 0 Å². The molecule has 0 saturated heterocycles. The Balaban J connectivity index is 1.79. The first-order valence-corrected chi connectivity index (χ1v) is 6.63. The molecule has 2 nitrogen and oxygen atoms in total. The summed E-state index contributed by atoms with van der Waals surface area (Å²) >= 11 is 0. The van der Waals surface area contributed by atoms with Crippen LogP contribution in [0, 0.1) is 11.3 Å². The molecule has 1 aliphatic carbocycles. The van der Waals surface area contributed by atoms with Gasteiger partial charge in [-0.3, -0.25) is 0 Å². The topological polar surface area (TPSA) is 38.0 Å². The minimum absolute atomic E-state index is 0.429. The standard InChI is InChI=1S/C15H24N2/c1-15(2,13-6-4-7-13)11-17-10-12-5-3-8-14(16)9-12/h3,5,8-9,13,17H,4,6-7,10-11,16H2,1-2H3. The van der Waals surface area contributed by atoms with Gasteiger partial charge < -0.3 is 11.1 Å². The summed E-state index contributed by atoms with van der Waals surface area (Å²) < 4.78 is 0. The van der Waals surface area contributed by atoms with Crippen LogP contribution in [-0.2, 0) is 6.54 Å². The summed E-state index contributed by atoms with van der Waals surface area (Å²) in [4.78, 5) is 0. The molecule has 1 aromatic rings. The van der Waals surface area contributed by atoms with Crippen LogP contribution in [0.2, 0.25) is 0 Å². The SMILES string of the molecule is CC(C)(CNCc1cccc(N)c1)C1CCC1. The second kappa shape index (κ2) is 5.09. The molecule has 17 heavy (non-hydrogen) atoms. The zero-order chi connectivity index (χ0) is 12.3. The maximum absolute atomic E-state index is 5.77. The highest BCUT2D eigenvalue weighted by atomic mass is 14.9. The average molecular weight is 232 g/mol. The van der Waals surface area contributed by atoms with Gasteiger partial charge in [0.15, 0.2) is 0 Å². The molecule has 0 heterocycles. The van der Waals surface area contributed by atoms with Crippen LogP contribution in [-0.4, -0.2) is 6.54 Å². The van der Waals surface area contributed by atoms with Gasteiger partial charge in [0.05, 0.1) is 0 Å². The lowest BCUT2D eigenvalue weighted by atomic mass is 9.67. The lowest BCUT2D eigenvalue weighted by Crippen LogP contribution is -2.38. The fraction of sp³-hybridized carbons (Fsp3) is 0.600. The zero-order valence-electron chi connectivity index (χ0n) is 11.0. The molecule has 0 atom stereocenters. The minimum Gasteiger partial charge on any atom is -0.399 e. The fourth-order valence-corrected chi connectivity index (χ4v) is 2.57. The van der Waals surface area contributed by atoms with Crippen molar-refractivity contribution in [3.8, 4) is 0 Å². The van der Waals surface area contributed by atoms with Crippen LogP contribution in [0.3, 0.4) is 0 Å². The summed E-state index contributed by atoms with van der Waals surface area (Å²) in [6.07, 6.45) is 4.24. The lowest BCUT2D eigenvalue weighted by Gasteiger charge is -2.40. The van der Waals surface area contributed by atoms with Gasteiger partial charge in [0.25, 0.3) is 0 Å². The summed E-state index contributed by atoms with van der Waals surface area (Å²) in [6.45, 7) is 6.76. The maximum atomic E-state index is 5.77. The summed E-state index contributed by atoms with van der Waals surface area (Å²) in [7, 11) is 0. The van der Waals surface area contributed by atoms with E-state index in [4.69, 9.17) is 5.73 Å². The van der Waals surface area contributed by atoms with Crippen molar-refractivity contribution in [3.05, 3.63) is 29.8 Å². The Morgan fingerprint density at radius 3 is 2.71 bits per heavy atom. The third-order valence-corrected chi connectivity index (χ3v) is 4.07. The van der Waals surface area contributed by atoms with E-state index < -0.39 is 0 Å². The van der Waals surface area contributed by atoms with Crippen molar-refractivity contribution in [2.45, 2.75) is 39.7 Å². The third-order valence-electron chi connectivity index (χ3n) is 4.07. The van der Waals surface area contributed by atoms with Crippen LogP contribution in [0.25, 0.3) is 0 Å². The minimum atomic E-state index is 0.429. The Kier molecular flexibility index (Phi) is 3.72. The van der Waals surface area contributed by atoms with Crippen molar-refractivity contribution >= 4 is 5.69 Å². The summed E-state index contributed by atoms with van der Waals surface area (Å²) in [5.41, 5.74) is 8.32. The number of hydrogen-bond donors (Lipinski definition) is 2. The predicted molar refractivity (Wildman–Crippen MR) is 73.7 cm³/mol. The van der Waals surface area contributed by atoms with Gasteiger partial charge in [-0.25, -0.2) is 0 Å². The molecule has 0 radical (unpaired) electrons. The van der Waals surface area contributed by atoms with E-state index in [1.54, 1.807) is 0 Å². The Morgan fingerprint density at radius 1 is 1.35 bits per heavy atom. The monoisotopic (exact) mass is 232 g/mol. The molecule has 0 aromatic heterocycles. The van der Waals surface area contributed by atoms with E-state index in [2.05, 4.69) is 25.2 Å². The first-order chi connectivity index (χ1) is 8.08. The van der Waals surface area contributed by atoms with Crippen molar-refractivity contribution < 1.29 is 0 Å². The van der Waals surface area contributed by atoms with Crippen molar-refractivity contribution in [1.29, 1.82) is 0 Å². The number of hydrogen-bond acceptors (Lipinski definition) is 2. The van der Waals surface area contributed by atoms with E-state index >= 15 is 0 Å². The van der Waals surface area contributed by atoms with Gasteiger partial charge in [0, 0.05) is 18.8 Å². The Morgan fingerprint density at radius 2 is 2.12 bits per heavy atom. The van der Waals surface area contributed by atoms with Crippen molar-refractivity contribution in [2.24, 2.45) is 11.3 Å². The summed E-state index contributed by atoms with van der Waals surface area (Å²) in [5, 5.41) is 3.56. The number of anilines is 1. The number of nitrogen functional groups attached to an aromatic ring is 1. The number of nitrogens with one attached hydrogen (secondary N) is 1. The smallest absolute Gasteiger partial charge is 0.0317 e. The molecule has 94 valence electrons. The first-order valence-electron chi connectivity index (χ1n) is 6.63. The van der Waals surface area contributed by atoms with E-state index in [0.29, 0.717) is 5.41 Å². The molecule has 3 N–H and O–H groups in total. The molecule has 0 aliphatic heterocycles. The van der Waals surface area contributed by atoms with Gasteiger partial charge in [0.2, 0.25) is 0 Å². The molecule has 1 saturated carbocycles. The number of nitrogens with two attached hydrogens (primary N) is 1. The van der Waals surface area contributed by atoms with Crippen LogP contribution in [0.15, 0.2) is 24.3 Å². The van der Waals surface area contributed by atoms with Gasteiger partial charge >= 0.3 is 0 Å². The first kappa shape index (κ1) is 12.4. The van der Waals surface area contributed by atoms with E-state index in [9.17, 15) is 0 Å². The fourth-order valence-electron chi connectivity index (χ4n) is 2.57. The normalized spacial score (nSPS) is 16.8. The van der Waals surface area contributed by atoms with Gasteiger partial charge in [-0.1, -0.05) is 32.4 Å². The van der Waals surface area contributed by atoms with Gasteiger partial charge in [-0.2, -0.15) is 0 Å². The largest absolute Gasteiger partial charge is 0.399 e. The molecule has 1 aliphatic rings. The molecule has 1 fully saturated rings. The highest BCUT2D eigenvalue weighted by Crippen LogP contribution is 2.41. The second-order valence-electron chi connectivity index (χ2n) is 5.96. The molecular weight excluding hydrogens is 208 g/mol. The zero-order valence-corrected chi connectivity index (χ0v) is 11.0. The Labute approximate surface area is 105 Å². The van der Waals surface area contributed by atoms with Crippen molar-refractivity contribution in [3.63, 3.8) is 0 Å². The van der Waals surface area contributed by atoms with Crippen molar-refractivity contribution in [1.82, 2.24) is 5.32 Å². The number of rotatable bonds is 5. The van der Waals surface area contributed by atoms with Crippen molar-refractivity contribution in [2.75, 3.05) is 12.3 Å². The van der Waals surface area contributed by atoms with E-state index in [1.807, 2.05) is 18.2 Å². The molecule has 0 amide bonds. The molecular formula is C15H24N2. The van der Waals surface area contributed by atoms with Crippen LogP contribution in [0.5, 0.6) is 0 Å². The highest BCUT2D eigenvalue weighted by molar-refractivity contribution is 5.40. The molecule has 2 heteroatoms. The van der Waals surface area contributed by atoms with E-state index in [1.165, 1.54) is 24.8 Å².